The molecule has 1 fully saturated rings. The third-order valence-electron chi connectivity index (χ3n) is 7.59. The van der Waals surface area contributed by atoms with Gasteiger partial charge >= 0.3 is 7.12 Å². The van der Waals surface area contributed by atoms with Crippen LogP contribution in [0, 0.1) is 0 Å². The van der Waals surface area contributed by atoms with Crippen LogP contribution in [0.15, 0.2) is 97.3 Å². The summed E-state index contributed by atoms with van der Waals surface area (Å²) in [6.07, 6.45) is 3.78. The first-order valence-corrected chi connectivity index (χ1v) is 12.2. The highest BCUT2D eigenvalue weighted by Crippen LogP contribution is 2.44. The van der Waals surface area contributed by atoms with E-state index in [4.69, 9.17) is 9.31 Å². The second kappa shape index (κ2) is 8.05. The first-order chi connectivity index (χ1) is 16.9. The van der Waals surface area contributed by atoms with Gasteiger partial charge in [0.2, 0.25) is 0 Å². The molecule has 6 rings (SSSR count). The van der Waals surface area contributed by atoms with Gasteiger partial charge in [0.1, 0.15) is 0 Å². The summed E-state index contributed by atoms with van der Waals surface area (Å²) < 4.78 is 12.8. The maximum absolute atomic E-state index is 6.41. The van der Waals surface area contributed by atoms with Crippen LogP contribution in [0.5, 0.6) is 0 Å². The number of hydrogen-bond acceptors (Lipinski definition) is 3. The molecule has 1 saturated heterocycles. The molecule has 0 N–H and O–H groups in total. The standard InChI is InChI=1S/C31H28BNO2/c1-30(2)31(3,4)35-32(34-30)23-16-17-25-24-14-8-9-15-26(24)29(22-13-10-18-33-20-22)28(27(25)19-23)21-11-6-5-7-12-21/h5-20H,1-4H3. The van der Waals surface area contributed by atoms with Gasteiger partial charge in [-0.25, -0.2) is 0 Å². The number of aromatic nitrogens is 1. The second-order valence-electron chi connectivity index (χ2n) is 10.3. The van der Waals surface area contributed by atoms with Crippen LogP contribution in [0.2, 0.25) is 0 Å². The van der Waals surface area contributed by atoms with E-state index >= 15 is 0 Å². The van der Waals surface area contributed by atoms with Crippen LogP contribution in [-0.4, -0.2) is 23.3 Å². The van der Waals surface area contributed by atoms with Gasteiger partial charge in [0, 0.05) is 18.0 Å². The SMILES string of the molecule is CC1(C)OB(c2ccc3c(c2)c(-c2ccccc2)c(-c2cccnc2)c2ccccc23)OC1(C)C. The Morgan fingerprint density at radius 1 is 0.600 bits per heavy atom. The van der Waals surface area contributed by atoms with Crippen LogP contribution in [-0.2, 0) is 9.31 Å². The highest BCUT2D eigenvalue weighted by atomic mass is 16.7. The molecule has 0 aliphatic carbocycles. The monoisotopic (exact) mass is 457 g/mol. The molecule has 1 aromatic heterocycles. The molecule has 5 aromatic rings. The number of fused-ring (bicyclic) bond motifs is 3. The molecule has 3 nitrogen and oxygen atoms in total. The highest BCUT2D eigenvalue weighted by molar-refractivity contribution is 6.62. The van der Waals surface area contributed by atoms with Crippen LogP contribution in [0.1, 0.15) is 27.7 Å². The van der Waals surface area contributed by atoms with E-state index in [0.717, 1.165) is 11.0 Å². The zero-order valence-electron chi connectivity index (χ0n) is 20.6. The van der Waals surface area contributed by atoms with Crippen molar-refractivity contribution < 1.29 is 9.31 Å². The molecular formula is C31H28BNO2. The van der Waals surface area contributed by atoms with Crippen molar-refractivity contribution in [2.45, 2.75) is 38.9 Å². The Morgan fingerprint density at radius 2 is 1.20 bits per heavy atom. The van der Waals surface area contributed by atoms with E-state index in [1.807, 2.05) is 18.5 Å². The summed E-state index contributed by atoms with van der Waals surface area (Å²) in [6, 6.07) is 30.0. The van der Waals surface area contributed by atoms with Crippen molar-refractivity contribution in [3.63, 3.8) is 0 Å². The number of pyridine rings is 1. The van der Waals surface area contributed by atoms with E-state index in [1.165, 1.54) is 38.2 Å². The lowest BCUT2D eigenvalue weighted by Gasteiger charge is -2.32. The summed E-state index contributed by atoms with van der Waals surface area (Å²) in [6.45, 7) is 8.38. The van der Waals surface area contributed by atoms with Gasteiger partial charge in [-0.05, 0) is 77.5 Å². The fourth-order valence-corrected chi connectivity index (χ4v) is 5.05. The molecule has 0 radical (unpaired) electrons. The maximum atomic E-state index is 6.41. The maximum Gasteiger partial charge on any atom is 0.494 e. The van der Waals surface area contributed by atoms with Gasteiger partial charge in [-0.1, -0.05) is 78.9 Å². The molecule has 0 bridgehead atoms. The zero-order chi connectivity index (χ0) is 24.2. The molecule has 1 aliphatic heterocycles. The largest absolute Gasteiger partial charge is 0.494 e. The minimum absolute atomic E-state index is 0.390. The average Bonchev–Trinajstić information content (AvgIpc) is 3.10. The molecule has 2 heterocycles. The quantitative estimate of drug-likeness (QED) is 0.216. The van der Waals surface area contributed by atoms with Crippen LogP contribution >= 0.6 is 0 Å². The Morgan fingerprint density at radius 3 is 1.89 bits per heavy atom. The van der Waals surface area contributed by atoms with Crippen molar-refractivity contribution in [2.75, 3.05) is 0 Å². The average molecular weight is 457 g/mol. The first kappa shape index (κ1) is 22.0. The minimum atomic E-state index is -0.415. The van der Waals surface area contributed by atoms with Gasteiger partial charge in [0.25, 0.3) is 0 Å². The number of nitrogens with zero attached hydrogens (tertiary/aromatic N) is 1. The highest BCUT2D eigenvalue weighted by Gasteiger charge is 2.51. The molecule has 172 valence electrons. The Bertz CT molecular complexity index is 1530. The summed E-state index contributed by atoms with van der Waals surface area (Å²) in [5.74, 6) is 0. The van der Waals surface area contributed by atoms with Gasteiger partial charge in [-0.15, -0.1) is 0 Å². The summed E-state index contributed by atoms with van der Waals surface area (Å²) >= 11 is 0. The van der Waals surface area contributed by atoms with E-state index < -0.39 is 7.12 Å². The van der Waals surface area contributed by atoms with Crippen molar-refractivity contribution in [2.24, 2.45) is 0 Å². The third kappa shape index (κ3) is 3.56. The summed E-state index contributed by atoms with van der Waals surface area (Å²) in [5, 5.41) is 4.84. The van der Waals surface area contributed by atoms with E-state index in [0.29, 0.717) is 0 Å². The van der Waals surface area contributed by atoms with Gasteiger partial charge in [0.05, 0.1) is 11.2 Å². The Balaban J connectivity index is 1.70. The van der Waals surface area contributed by atoms with Gasteiger partial charge in [-0.2, -0.15) is 0 Å². The smallest absolute Gasteiger partial charge is 0.399 e. The number of hydrogen-bond donors (Lipinski definition) is 0. The Labute approximate surface area is 206 Å². The summed E-state index contributed by atoms with van der Waals surface area (Å²) in [7, 11) is -0.415. The second-order valence-corrected chi connectivity index (χ2v) is 10.3. The van der Waals surface area contributed by atoms with Crippen LogP contribution in [0.25, 0.3) is 43.8 Å². The van der Waals surface area contributed by atoms with E-state index in [2.05, 4.69) is 112 Å². The van der Waals surface area contributed by atoms with E-state index in [-0.39, 0.29) is 11.2 Å². The number of rotatable bonds is 3. The van der Waals surface area contributed by atoms with E-state index in [1.54, 1.807) is 0 Å². The fraction of sp³-hybridized carbons (Fsp3) is 0.194. The van der Waals surface area contributed by atoms with Crippen molar-refractivity contribution in [1.29, 1.82) is 0 Å². The Kier molecular flexibility index (Phi) is 5.06. The van der Waals surface area contributed by atoms with Crippen molar-refractivity contribution in [3.05, 3.63) is 97.3 Å². The predicted molar refractivity (Wildman–Crippen MR) is 146 cm³/mol. The number of benzene rings is 4. The third-order valence-corrected chi connectivity index (χ3v) is 7.59. The summed E-state index contributed by atoms with van der Waals surface area (Å²) in [4.78, 5) is 4.46. The lowest BCUT2D eigenvalue weighted by molar-refractivity contribution is 0.00578. The molecule has 0 unspecified atom stereocenters. The normalized spacial score (nSPS) is 16.7. The van der Waals surface area contributed by atoms with Gasteiger partial charge in [0.15, 0.2) is 0 Å². The predicted octanol–water partition coefficient (Wildman–Crippen LogP) is 7.02. The fourth-order valence-electron chi connectivity index (χ4n) is 5.05. The van der Waals surface area contributed by atoms with Crippen LogP contribution < -0.4 is 5.46 Å². The Hall–Kier alpha value is -3.47. The first-order valence-electron chi connectivity index (χ1n) is 12.2. The topological polar surface area (TPSA) is 31.4 Å². The van der Waals surface area contributed by atoms with Crippen molar-refractivity contribution in [3.8, 4) is 22.3 Å². The lowest BCUT2D eigenvalue weighted by atomic mass is 9.76. The van der Waals surface area contributed by atoms with Crippen molar-refractivity contribution >= 4 is 34.1 Å². The molecule has 0 spiro atoms. The van der Waals surface area contributed by atoms with Crippen LogP contribution in [0.4, 0.5) is 0 Å². The van der Waals surface area contributed by atoms with Gasteiger partial charge < -0.3 is 9.31 Å². The molecule has 35 heavy (non-hydrogen) atoms. The molecule has 4 aromatic carbocycles. The molecule has 1 aliphatic rings. The lowest BCUT2D eigenvalue weighted by Crippen LogP contribution is -2.41. The van der Waals surface area contributed by atoms with Gasteiger partial charge in [-0.3, -0.25) is 4.98 Å². The van der Waals surface area contributed by atoms with Crippen LogP contribution in [0.3, 0.4) is 0 Å². The zero-order valence-corrected chi connectivity index (χ0v) is 20.6. The molecule has 4 heteroatoms. The molecular weight excluding hydrogens is 429 g/mol. The molecule has 0 atom stereocenters. The summed E-state index contributed by atoms with van der Waals surface area (Å²) in [5.41, 5.74) is 4.92. The van der Waals surface area contributed by atoms with E-state index in [9.17, 15) is 0 Å². The molecule has 0 amide bonds. The minimum Gasteiger partial charge on any atom is -0.399 e. The van der Waals surface area contributed by atoms with Crippen molar-refractivity contribution in [1.82, 2.24) is 4.98 Å². The molecule has 0 saturated carbocycles.